The van der Waals surface area contributed by atoms with E-state index in [1.165, 1.54) is 4.88 Å². The summed E-state index contributed by atoms with van der Waals surface area (Å²) in [5, 5.41) is 4.61. The Morgan fingerprint density at radius 2 is 2.33 bits per heavy atom. The molecule has 1 N–H and O–H groups in total. The molecule has 1 aromatic heterocycles. The van der Waals surface area contributed by atoms with E-state index in [-0.39, 0.29) is 5.54 Å². The molecule has 1 aliphatic heterocycles. The van der Waals surface area contributed by atoms with E-state index in [2.05, 4.69) is 42.9 Å². The summed E-state index contributed by atoms with van der Waals surface area (Å²) in [7, 11) is 0. The highest BCUT2D eigenvalue weighted by atomic mass is 32.1. The second kappa shape index (κ2) is 5.55. The standard InChI is InChI=1S/C13H23N3OS/c1-10-9-16(5-6-17-10)12-14-7-11(18-12)8-15-13(2,3)4/h7,10,15H,5-6,8-9H2,1-4H3. The van der Waals surface area contributed by atoms with E-state index < -0.39 is 0 Å². The zero-order valence-electron chi connectivity index (χ0n) is 11.7. The summed E-state index contributed by atoms with van der Waals surface area (Å²) in [6.45, 7) is 12.2. The molecule has 1 saturated heterocycles. The van der Waals surface area contributed by atoms with Gasteiger partial charge in [-0.05, 0) is 27.7 Å². The average Bonchev–Trinajstić information content (AvgIpc) is 2.74. The first-order valence-electron chi connectivity index (χ1n) is 6.50. The summed E-state index contributed by atoms with van der Waals surface area (Å²) in [6.07, 6.45) is 2.29. The summed E-state index contributed by atoms with van der Waals surface area (Å²) in [5.41, 5.74) is 0.150. The number of rotatable bonds is 3. The topological polar surface area (TPSA) is 37.4 Å². The van der Waals surface area contributed by atoms with Crippen molar-refractivity contribution in [3.05, 3.63) is 11.1 Å². The molecule has 5 heteroatoms. The van der Waals surface area contributed by atoms with E-state index in [1.54, 1.807) is 11.3 Å². The highest BCUT2D eigenvalue weighted by molar-refractivity contribution is 7.15. The lowest BCUT2D eigenvalue weighted by molar-refractivity contribution is 0.0532. The highest BCUT2D eigenvalue weighted by Gasteiger charge is 2.19. The summed E-state index contributed by atoms with van der Waals surface area (Å²) in [4.78, 5) is 8.13. The van der Waals surface area contributed by atoms with Crippen LogP contribution >= 0.6 is 11.3 Å². The van der Waals surface area contributed by atoms with Gasteiger partial charge in [-0.25, -0.2) is 4.98 Å². The number of hydrogen-bond donors (Lipinski definition) is 1. The van der Waals surface area contributed by atoms with Crippen molar-refractivity contribution in [3.8, 4) is 0 Å². The van der Waals surface area contributed by atoms with Gasteiger partial charge in [-0.15, -0.1) is 11.3 Å². The van der Waals surface area contributed by atoms with Crippen LogP contribution in [0.2, 0.25) is 0 Å². The molecule has 0 amide bonds. The highest BCUT2D eigenvalue weighted by Crippen LogP contribution is 2.24. The predicted octanol–water partition coefficient (Wildman–Crippen LogP) is 2.26. The largest absolute Gasteiger partial charge is 0.375 e. The van der Waals surface area contributed by atoms with Crippen LogP contribution < -0.4 is 10.2 Å². The minimum atomic E-state index is 0.150. The number of morpholine rings is 1. The number of thiazole rings is 1. The van der Waals surface area contributed by atoms with Crippen LogP contribution in [0.4, 0.5) is 5.13 Å². The van der Waals surface area contributed by atoms with E-state index in [0.29, 0.717) is 6.10 Å². The first-order valence-corrected chi connectivity index (χ1v) is 7.32. The molecule has 0 spiro atoms. The molecular formula is C13H23N3OS. The van der Waals surface area contributed by atoms with Crippen molar-refractivity contribution >= 4 is 16.5 Å². The Labute approximate surface area is 113 Å². The van der Waals surface area contributed by atoms with Gasteiger partial charge in [-0.3, -0.25) is 0 Å². The van der Waals surface area contributed by atoms with Crippen LogP contribution in [0, 0.1) is 0 Å². The van der Waals surface area contributed by atoms with Crippen LogP contribution in [0.25, 0.3) is 0 Å². The second-order valence-electron chi connectivity index (χ2n) is 5.84. The molecule has 0 saturated carbocycles. The maximum absolute atomic E-state index is 5.55. The van der Waals surface area contributed by atoms with E-state index in [4.69, 9.17) is 4.74 Å². The minimum absolute atomic E-state index is 0.150. The Morgan fingerprint density at radius 1 is 1.56 bits per heavy atom. The molecule has 102 valence electrons. The minimum Gasteiger partial charge on any atom is -0.375 e. The van der Waals surface area contributed by atoms with Crippen molar-refractivity contribution in [2.24, 2.45) is 0 Å². The molecule has 0 aliphatic carbocycles. The number of aromatic nitrogens is 1. The van der Waals surface area contributed by atoms with Gasteiger partial charge in [0.05, 0.1) is 12.7 Å². The lowest BCUT2D eigenvalue weighted by Crippen LogP contribution is -2.41. The van der Waals surface area contributed by atoms with E-state index in [1.807, 2.05) is 6.20 Å². The SMILES string of the molecule is CC1CN(c2ncc(CNC(C)(C)C)s2)CCO1. The zero-order chi connectivity index (χ0) is 13.2. The van der Waals surface area contributed by atoms with Crippen LogP contribution in [-0.4, -0.2) is 36.3 Å². The molecule has 1 fully saturated rings. The Hall–Kier alpha value is -0.650. The third-order valence-electron chi connectivity index (χ3n) is 2.85. The summed E-state index contributed by atoms with van der Waals surface area (Å²) in [5.74, 6) is 0. The number of hydrogen-bond acceptors (Lipinski definition) is 5. The smallest absolute Gasteiger partial charge is 0.185 e. The van der Waals surface area contributed by atoms with Gasteiger partial charge in [0.1, 0.15) is 0 Å². The first kappa shape index (κ1) is 13.8. The van der Waals surface area contributed by atoms with Crippen molar-refractivity contribution in [2.75, 3.05) is 24.6 Å². The fourth-order valence-electron chi connectivity index (χ4n) is 1.87. The fraction of sp³-hybridized carbons (Fsp3) is 0.769. The Kier molecular flexibility index (Phi) is 4.25. The molecule has 0 radical (unpaired) electrons. The molecule has 1 unspecified atom stereocenters. The third kappa shape index (κ3) is 3.93. The van der Waals surface area contributed by atoms with Crippen LogP contribution in [-0.2, 0) is 11.3 Å². The van der Waals surface area contributed by atoms with Crippen molar-refractivity contribution in [3.63, 3.8) is 0 Å². The van der Waals surface area contributed by atoms with Gasteiger partial charge in [0.2, 0.25) is 0 Å². The third-order valence-corrected chi connectivity index (χ3v) is 3.90. The number of nitrogens with zero attached hydrogens (tertiary/aromatic N) is 2. The van der Waals surface area contributed by atoms with Gasteiger partial charge in [0.15, 0.2) is 5.13 Å². The monoisotopic (exact) mass is 269 g/mol. The van der Waals surface area contributed by atoms with E-state index in [0.717, 1.165) is 31.4 Å². The van der Waals surface area contributed by atoms with Crippen LogP contribution in [0.1, 0.15) is 32.6 Å². The molecular weight excluding hydrogens is 246 g/mol. The maximum atomic E-state index is 5.55. The molecule has 0 bridgehead atoms. The van der Waals surface area contributed by atoms with Crippen LogP contribution in [0.3, 0.4) is 0 Å². The van der Waals surface area contributed by atoms with Crippen molar-refractivity contribution in [2.45, 2.75) is 45.9 Å². The Morgan fingerprint density at radius 3 is 3.00 bits per heavy atom. The molecule has 4 nitrogen and oxygen atoms in total. The molecule has 18 heavy (non-hydrogen) atoms. The molecule has 1 aromatic rings. The van der Waals surface area contributed by atoms with Crippen molar-refractivity contribution < 1.29 is 4.74 Å². The second-order valence-corrected chi connectivity index (χ2v) is 6.93. The summed E-state index contributed by atoms with van der Waals surface area (Å²) in [6, 6.07) is 0. The molecule has 2 rings (SSSR count). The van der Waals surface area contributed by atoms with E-state index in [9.17, 15) is 0 Å². The van der Waals surface area contributed by atoms with Crippen molar-refractivity contribution in [1.29, 1.82) is 0 Å². The van der Waals surface area contributed by atoms with Gasteiger partial charge < -0.3 is 15.0 Å². The van der Waals surface area contributed by atoms with Gasteiger partial charge >= 0.3 is 0 Å². The fourth-order valence-corrected chi connectivity index (χ4v) is 2.75. The lowest BCUT2D eigenvalue weighted by atomic mass is 10.1. The molecule has 2 heterocycles. The van der Waals surface area contributed by atoms with Crippen LogP contribution in [0.15, 0.2) is 6.20 Å². The zero-order valence-corrected chi connectivity index (χ0v) is 12.5. The maximum Gasteiger partial charge on any atom is 0.185 e. The molecule has 0 aromatic carbocycles. The van der Waals surface area contributed by atoms with Gasteiger partial charge in [0, 0.05) is 36.2 Å². The normalized spacial score (nSPS) is 21.3. The Bertz CT molecular complexity index is 386. The van der Waals surface area contributed by atoms with Gasteiger partial charge in [-0.2, -0.15) is 0 Å². The summed E-state index contributed by atoms with van der Waals surface area (Å²) >= 11 is 1.78. The quantitative estimate of drug-likeness (QED) is 0.913. The molecule has 1 aliphatic rings. The predicted molar refractivity (Wildman–Crippen MR) is 76.3 cm³/mol. The first-order chi connectivity index (χ1) is 8.44. The number of nitrogens with one attached hydrogen (secondary N) is 1. The van der Waals surface area contributed by atoms with Gasteiger partial charge in [-0.1, -0.05) is 0 Å². The van der Waals surface area contributed by atoms with Crippen molar-refractivity contribution in [1.82, 2.24) is 10.3 Å². The van der Waals surface area contributed by atoms with E-state index >= 15 is 0 Å². The average molecular weight is 269 g/mol. The summed E-state index contributed by atoms with van der Waals surface area (Å²) < 4.78 is 5.55. The van der Waals surface area contributed by atoms with Crippen LogP contribution in [0.5, 0.6) is 0 Å². The number of ether oxygens (including phenoxy) is 1. The lowest BCUT2D eigenvalue weighted by Gasteiger charge is -2.30. The number of anilines is 1. The van der Waals surface area contributed by atoms with Gasteiger partial charge in [0.25, 0.3) is 0 Å². The molecule has 1 atom stereocenters. The Balaban J connectivity index is 1.93.